The Morgan fingerprint density at radius 3 is 2.50 bits per heavy atom. The molecule has 150 valence electrons. The molecule has 0 unspecified atom stereocenters. The highest BCUT2D eigenvalue weighted by molar-refractivity contribution is 7.99. The molecule has 3 nitrogen and oxygen atoms in total. The Morgan fingerprint density at radius 1 is 0.933 bits per heavy atom. The van der Waals surface area contributed by atoms with E-state index in [2.05, 4.69) is 41.7 Å². The molecule has 2 aliphatic rings. The van der Waals surface area contributed by atoms with Gasteiger partial charge in [0.25, 0.3) is 0 Å². The van der Waals surface area contributed by atoms with Gasteiger partial charge in [0, 0.05) is 28.5 Å². The molecule has 0 saturated carbocycles. The number of ketones is 1. The van der Waals surface area contributed by atoms with Crippen molar-refractivity contribution in [3.63, 3.8) is 0 Å². The topological polar surface area (TPSA) is 38.3 Å². The number of carbonyl (C=O) groups excluding carboxylic acids is 1. The zero-order valence-corrected chi connectivity index (χ0v) is 17.6. The minimum Gasteiger partial charge on any atom is -0.496 e. The number of fused-ring (bicyclic) bond motifs is 2. The van der Waals surface area contributed by atoms with Gasteiger partial charge in [-0.3, -0.25) is 4.79 Å². The first kappa shape index (κ1) is 19.0. The van der Waals surface area contributed by atoms with Gasteiger partial charge in [-0.05, 0) is 23.8 Å². The number of anilines is 1. The quantitative estimate of drug-likeness (QED) is 0.554. The predicted octanol–water partition coefficient (Wildman–Crippen LogP) is 6.21. The van der Waals surface area contributed by atoms with E-state index in [1.165, 1.54) is 5.56 Å². The molecule has 0 aromatic heterocycles. The van der Waals surface area contributed by atoms with Crippen molar-refractivity contribution in [3.05, 3.63) is 102 Å². The number of thioether (sulfide) groups is 1. The number of hydrogen-bond acceptors (Lipinski definition) is 4. The predicted molar refractivity (Wildman–Crippen MR) is 122 cm³/mol. The third-order valence-electron chi connectivity index (χ3n) is 5.88. The molecule has 0 spiro atoms. The first-order valence-corrected chi connectivity index (χ1v) is 11.1. The Bertz CT molecular complexity index is 1110. The van der Waals surface area contributed by atoms with Crippen LogP contribution in [0.4, 0.5) is 5.69 Å². The van der Waals surface area contributed by atoms with Crippen LogP contribution in [0.1, 0.15) is 28.7 Å². The summed E-state index contributed by atoms with van der Waals surface area (Å²) in [7, 11) is 1.69. The van der Waals surface area contributed by atoms with Crippen LogP contribution in [-0.4, -0.2) is 12.9 Å². The highest BCUT2D eigenvalue weighted by Gasteiger charge is 2.41. The molecule has 1 heterocycles. The second kappa shape index (κ2) is 8.04. The summed E-state index contributed by atoms with van der Waals surface area (Å²) in [6, 6.07) is 26.6. The molecule has 3 aromatic rings. The van der Waals surface area contributed by atoms with Crippen LogP contribution in [0, 0.1) is 5.92 Å². The summed E-state index contributed by atoms with van der Waals surface area (Å²) < 4.78 is 5.67. The SMILES string of the molecule is COc1ccccc1[C@@H]1Sc2ccccc2NC2=C[C@@H](c3ccccc3)CC(=O)[C@H]21. The summed E-state index contributed by atoms with van der Waals surface area (Å²) in [4.78, 5) is 14.7. The normalized spacial score (nSPS) is 22.8. The first-order chi connectivity index (χ1) is 14.7. The number of rotatable bonds is 3. The fourth-order valence-corrected chi connectivity index (χ4v) is 5.87. The highest BCUT2D eigenvalue weighted by atomic mass is 32.2. The van der Waals surface area contributed by atoms with E-state index in [0.717, 1.165) is 27.6 Å². The summed E-state index contributed by atoms with van der Waals surface area (Å²) in [6.45, 7) is 0. The van der Waals surface area contributed by atoms with E-state index >= 15 is 0 Å². The molecular formula is C26H23NO2S. The van der Waals surface area contributed by atoms with Crippen molar-refractivity contribution in [3.8, 4) is 5.75 Å². The van der Waals surface area contributed by atoms with Gasteiger partial charge >= 0.3 is 0 Å². The lowest BCUT2D eigenvalue weighted by atomic mass is 9.78. The minimum absolute atomic E-state index is 0.0484. The fourth-order valence-electron chi connectivity index (χ4n) is 4.44. The van der Waals surface area contributed by atoms with E-state index in [-0.39, 0.29) is 22.9 Å². The molecule has 0 fully saturated rings. The molecular weight excluding hydrogens is 390 g/mol. The van der Waals surface area contributed by atoms with Crippen LogP contribution in [0.3, 0.4) is 0 Å². The van der Waals surface area contributed by atoms with Crippen LogP contribution in [0.2, 0.25) is 0 Å². The maximum atomic E-state index is 13.6. The highest BCUT2D eigenvalue weighted by Crippen LogP contribution is 2.53. The Balaban J connectivity index is 1.65. The summed E-state index contributed by atoms with van der Waals surface area (Å²) in [6.07, 6.45) is 2.77. The Labute approximate surface area is 181 Å². The molecule has 0 radical (unpaired) electrons. The van der Waals surface area contributed by atoms with Gasteiger partial charge in [0.05, 0.1) is 24.0 Å². The second-order valence-corrected chi connectivity index (χ2v) is 8.87. The van der Waals surface area contributed by atoms with Crippen molar-refractivity contribution in [2.75, 3.05) is 12.4 Å². The lowest BCUT2D eigenvalue weighted by Gasteiger charge is -2.32. The largest absolute Gasteiger partial charge is 0.496 e. The number of methoxy groups -OCH3 is 1. The number of allylic oxidation sites excluding steroid dienone is 2. The van der Waals surface area contributed by atoms with Crippen LogP contribution in [0.15, 0.2) is 95.5 Å². The second-order valence-electron chi connectivity index (χ2n) is 7.69. The average Bonchev–Trinajstić information content (AvgIpc) is 2.96. The number of nitrogens with one attached hydrogen (secondary N) is 1. The van der Waals surface area contributed by atoms with E-state index in [0.29, 0.717) is 6.42 Å². The molecule has 1 aliphatic carbocycles. The van der Waals surface area contributed by atoms with Crippen LogP contribution >= 0.6 is 11.8 Å². The van der Waals surface area contributed by atoms with Crippen LogP contribution < -0.4 is 10.1 Å². The Kier molecular flexibility index (Phi) is 5.09. The van der Waals surface area contributed by atoms with Gasteiger partial charge in [0.1, 0.15) is 11.5 Å². The fraction of sp³-hybridized carbons (Fsp3) is 0.192. The molecule has 3 atom stereocenters. The van der Waals surface area contributed by atoms with E-state index in [1.54, 1.807) is 18.9 Å². The molecule has 3 aromatic carbocycles. The summed E-state index contributed by atoms with van der Waals surface area (Å²) in [5.74, 6) is 0.946. The van der Waals surface area contributed by atoms with E-state index < -0.39 is 0 Å². The third-order valence-corrected chi connectivity index (χ3v) is 7.27. The molecule has 30 heavy (non-hydrogen) atoms. The standard InChI is InChI=1S/C26H23NO2S/c1-29-23-13-7-5-11-19(23)26-25-21(27-20-12-6-8-14-24(20)30-26)15-18(16-22(25)28)17-9-3-2-4-10-17/h2-15,18,25-27H,16H2,1H3/t18-,25+,26+/m1/s1. The maximum Gasteiger partial charge on any atom is 0.144 e. The minimum atomic E-state index is -0.237. The zero-order valence-electron chi connectivity index (χ0n) is 16.7. The lowest BCUT2D eigenvalue weighted by molar-refractivity contribution is -0.122. The number of ether oxygens (including phenoxy) is 1. The number of hydrogen-bond donors (Lipinski definition) is 1. The number of carbonyl (C=O) groups is 1. The van der Waals surface area contributed by atoms with Crippen LogP contribution in [0.25, 0.3) is 0 Å². The van der Waals surface area contributed by atoms with E-state index in [1.807, 2.05) is 48.5 Å². The van der Waals surface area contributed by atoms with Gasteiger partial charge in [-0.15, -0.1) is 11.8 Å². The molecule has 0 amide bonds. The number of para-hydroxylation sites is 2. The van der Waals surface area contributed by atoms with E-state index in [9.17, 15) is 4.79 Å². The average molecular weight is 414 g/mol. The molecule has 0 bridgehead atoms. The Hall–Kier alpha value is -2.98. The van der Waals surface area contributed by atoms with Crippen molar-refractivity contribution in [1.29, 1.82) is 0 Å². The summed E-state index contributed by atoms with van der Waals surface area (Å²) >= 11 is 1.74. The van der Waals surface area contributed by atoms with Crippen molar-refractivity contribution in [2.24, 2.45) is 5.92 Å². The molecule has 1 aliphatic heterocycles. The molecule has 5 rings (SSSR count). The van der Waals surface area contributed by atoms with Gasteiger partial charge in [-0.25, -0.2) is 0 Å². The van der Waals surface area contributed by atoms with Crippen LogP contribution in [0.5, 0.6) is 5.75 Å². The first-order valence-electron chi connectivity index (χ1n) is 10.2. The summed E-state index contributed by atoms with van der Waals surface area (Å²) in [5, 5.41) is 3.56. The van der Waals surface area contributed by atoms with Gasteiger partial charge in [-0.1, -0.05) is 66.7 Å². The lowest BCUT2D eigenvalue weighted by Crippen LogP contribution is -2.30. The summed E-state index contributed by atoms with van der Waals surface area (Å²) in [5.41, 5.74) is 4.29. The van der Waals surface area contributed by atoms with Gasteiger partial charge in [-0.2, -0.15) is 0 Å². The van der Waals surface area contributed by atoms with Crippen molar-refractivity contribution in [2.45, 2.75) is 22.5 Å². The van der Waals surface area contributed by atoms with Gasteiger partial charge < -0.3 is 10.1 Å². The van der Waals surface area contributed by atoms with Crippen LogP contribution in [-0.2, 0) is 4.79 Å². The van der Waals surface area contributed by atoms with Gasteiger partial charge in [0.15, 0.2) is 0 Å². The smallest absolute Gasteiger partial charge is 0.144 e. The molecule has 4 heteroatoms. The third kappa shape index (κ3) is 3.41. The number of benzene rings is 3. The van der Waals surface area contributed by atoms with Crippen molar-refractivity contribution >= 4 is 23.2 Å². The Morgan fingerprint density at radius 2 is 1.67 bits per heavy atom. The molecule has 0 saturated heterocycles. The van der Waals surface area contributed by atoms with Crippen molar-refractivity contribution < 1.29 is 9.53 Å². The maximum absolute atomic E-state index is 13.6. The van der Waals surface area contributed by atoms with Gasteiger partial charge in [0.2, 0.25) is 0 Å². The zero-order chi connectivity index (χ0) is 20.5. The van der Waals surface area contributed by atoms with E-state index in [4.69, 9.17) is 4.74 Å². The van der Waals surface area contributed by atoms with Crippen molar-refractivity contribution in [1.82, 2.24) is 0 Å². The monoisotopic (exact) mass is 413 g/mol. The number of Topliss-reactive ketones (excluding diaryl/α,β-unsaturated/α-hetero) is 1. The molecule has 1 N–H and O–H groups in total.